The number of pyridine rings is 1. The van der Waals surface area contributed by atoms with Gasteiger partial charge in [-0.15, -0.1) is 0 Å². The van der Waals surface area contributed by atoms with Crippen molar-refractivity contribution in [2.24, 2.45) is 7.05 Å². The number of benzene rings is 1. The highest BCUT2D eigenvalue weighted by atomic mass is 16.5. The zero-order valence-electron chi connectivity index (χ0n) is 12.8. The van der Waals surface area contributed by atoms with Crippen LogP contribution in [0, 0.1) is 0 Å². The number of hydrogen-bond donors (Lipinski definition) is 0. The molecule has 5 nitrogen and oxygen atoms in total. The van der Waals surface area contributed by atoms with Crippen LogP contribution in [0.15, 0.2) is 42.6 Å². The number of imidazole rings is 1. The van der Waals surface area contributed by atoms with E-state index >= 15 is 0 Å². The van der Waals surface area contributed by atoms with Gasteiger partial charge < -0.3 is 9.30 Å². The van der Waals surface area contributed by atoms with E-state index in [0.29, 0.717) is 5.56 Å². The Balaban J connectivity index is 2.05. The molecule has 0 aliphatic carbocycles. The highest BCUT2D eigenvalue weighted by Crippen LogP contribution is 2.23. The van der Waals surface area contributed by atoms with Gasteiger partial charge in [-0.25, -0.2) is 9.78 Å². The molecule has 0 N–H and O–H groups in total. The molecule has 0 spiro atoms. The van der Waals surface area contributed by atoms with Crippen LogP contribution in [0.4, 0.5) is 0 Å². The molecule has 3 aromatic rings. The zero-order valence-corrected chi connectivity index (χ0v) is 12.8. The third-order valence-electron chi connectivity index (χ3n) is 3.35. The fraction of sp³-hybridized carbons (Fsp3) is 0.235. The lowest BCUT2D eigenvalue weighted by molar-refractivity contribution is 0.0378. The molecule has 0 atom stereocenters. The fourth-order valence-electron chi connectivity index (χ4n) is 2.33. The van der Waals surface area contributed by atoms with Gasteiger partial charge in [0.05, 0.1) is 22.7 Å². The lowest BCUT2D eigenvalue weighted by Gasteiger charge is -2.07. The largest absolute Gasteiger partial charge is 0.459 e. The highest BCUT2D eigenvalue weighted by Gasteiger charge is 2.14. The first kappa shape index (κ1) is 14.3. The van der Waals surface area contributed by atoms with E-state index in [2.05, 4.69) is 9.97 Å². The summed E-state index contributed by atoms with van der Waals surface area (Å²) in [7, 11) is 1.94. The van der Waals surface area contributed by atoms with E-state index < -0.39 is 0 Å². The van der Waals surface area contributed by atoms with Gasteiger partial charge in [0, 0.05) is 13.2 Å². The van der Waals surface area contributed by atoms with Crippen LogP contribution in [0.1, 0.15) is 24.2 Å². The van der Waals surface area contributed by atoms with Crippen molar-refractivity contribution in [3.8, 4) is 11.5 Å². The molecule has 3 rings (SSSR count). The summed E-state index contributed by atoms with van der Waals surface area (Å²) in [6.45, 7) is 3.66. The lowest BCUT2D eigenvalue weighted by atomic mass is 10.2. The summed E-state index contributed by atoms with van der Waals surface area (Å²) in [5.41, 5.74) is 3.00. The molecule has 0 saturated carbocycles. The summed E-state index contributed by atoms with van der Waals surface area (Å²) in [5, 5.41) is 0. The van der Waals surface area contributed by atoms with Crippen LogP contribution in [0.3, 0.4) is 0 Å². The molecule has 0 aliphatic rings. The monoisotopic (exact) mass is 295 g/mol. The molecule has 0 unspecified atom stereocenters. The van der Waals surface area contributed by atoms with Crippen LogP contribution in [-0.4, -0.2) is 26.6 Å². The lowest BCUT2D eigenvalue weighted by Crippen LogP contribution is -2.11. The SMILES string of the molecule is CC(C)OC(=O)c1ccc2c(c1)nc(-c1ccccn1)n2C. The Bertz CT molecular complexity index is 823. The molecule has 0 amide bonds. The number of aromatic nitrogens is 3. The fourth-order valence-corrected chi connectivity index (χ4v) is 2.33. The van der Waals surface area contributed by atoms with E-state index in [1.807, 2.05) is 49.7 Å². The first-order valence-electron chi connectivity index (χ1n) is 7.15. The minimum atomic E-state index is -0.332. The molecule has 1 aromatic carbocycles. The molecular weight excluding hydrogens is 278 g/mol. The summed E-state index contributed by atoms with van der Waals surface area (Å²) in [5.74, 6) is 0.437. The minimum absolute atomic E-state index is 0.143. The molecular formula is C17H17N3O2. The molecule has 0 radical (unpaired) electrons. The number of aryl methyl sites for hydroxylation is 1. The number of carbonyl (C=O) groups is 1. The Hall–Kier alpha value is -2.69. The van der Waals surface area contributed by atoms with Crippen LogP contribution in [0.25, 0.3) is 22.6 Å². The average molecular weight is 295 g/mol. The second kappa shape index (κ2) is 5.60. The Morgan fingerprint density at radius 3 is 2.73 bits per heavy atom. The second-order valence-corrected chi connectivity index (χ2v) is 5.37. The smallest absolute Gasteiger partial charge is 0.338 e. The van der Waals surface area contributed by atoms with Crippen LogP contribution in [0.2, 0.25) is 0 Å². The van der Waals surface area contributed by atoms with Gasteiger partial charge in [-0.05, 0) is 44.2 Å². The third kappa shape index (κ3) is 2.57. The average Bonchev–Trinajstić information content (AvgIpc) is 2.84. The Kier molecular flexibility index (Phi) is 3.63. The van der Waals surface area contributed by atoms with Gasteiger partial charge in [0.2, 0.25) is 0 Å². The zero-order chi connectivity index (χ0) is 15.7. The van der Waals surface area contributed by atoms with Crippen LogP contribution in [-0.2, 0) is 11.8 Å². The molecule has 0 fully saturated rings. The highest BCUT2D eigenvalue weighted by molar-refractivity contribution is 5.94. The van der Waals surface area contributed by atoms with Crippen molar-refractivity contribution in [1.29, 1.82) is 0 Å². The Morgan fingerprint density at radius 1 is 1.23 bits per heavy atom. The van der Waals surface area contributed by atoms with Crippen molar-refractivity contribution in [3.63, 3.8) is 0 Å². The number of ether oxygens (including phenoxy) is 1. The van der Waals surface area contributed by atoms with Crippen molar-refractivity contribution >= 4 is 17.0 Å². The normalized spacial score (nSPS) is 11.1. The van der Waals surface area contributed by atoms with Crippen LogP contribution in [0.5, 0.6) is 0 Å². The first-order chi connectivity index (χ1) is 10.6. The minimum Gasteiger partial charge on any atom is -0.459 e. The van der Waals surface area contributed by atoms with E-state index in [9.17, 15) is 4.79 Å². The summed E-state index contributed by atoms with van der Waals surface area (Å²) >= 11 is 0. The topological polar surface area (TPSA) is 57.0 Å². The van der Waals surface area contributed by atoms with E-state index in [1.165, 1.54) is 0 Å². The van der Waals surface area contributed by atoms with Gasteiger partial charge in [0.15, 0.2) is 5.82 Å². The van der Waals surface area contributed by atoms with Gasteiger partial charge in [0.25, 0.3) is 0 Å². The molecule has 0 saturated heterocycles. The van der Waals surface area contributed by atoms with Crippen molar-refractivity contribution in [2.75, 3.05) is 0 Å². The summed E-state index contributed by atoms with van der Waals surface area (Å²) < 4.78 is 7.19. The van der Waals surface area contributed by atoms with Gasteiger partial charge in [-0.1, -0.05) is 6.07 Å². The summed E-state index contributed by atoms with van der Waals surface area (Å²) in [4.78, 5) is 20.9. The quantitative estimate of drug-likeness (QED) is 0.696. The maximum absolute atomic E-state index is 12.0. The molecule has 5 heteroatoms. The number of nitrogens with zero attached hydrogens (tertiary/aromatic N) is 3. The Labute approximate surface area is 128 Å². The number of rotatable bonds is 3. The van der Waals surface area contributed by atoms with Gasteiger partial charge in [0.1, 0.15) is 5.69 Å². The summed E-state index contributed by atoms with van der Waals surface area (Å²) in [6.07, 6.45) is 1.59. The maximum Gasteiger partial charge on any atom is 0.338 e. The van der Waals surface area contributed by atoms with E-state index in [0.717, 1.165) is 22.6 Å². The second-order valence-electron chi connectivity index (χ2n) is 5.37. The van der Waals surface area contributed by atoms with Crippen molar-refractivity contribution in [1.82, 2.24) is 14.5 Å². The first-order valence-corrected chi connectivity index (χ1v) is 7.15. The molecule has 0 bridgehead atoms. The Morgan fingerprint density at radius 2 is 2.05 bits per heavy atom. The third-order valence-corrected chi connectivity index (χ3v) is 3.35. The number of carbonyl (C=O) groups excluding carboxylic acids is 1. The molecule has 112 valence electrons. The number of esters is 1. The molecule has 2 heterocycles. The van der Waals surface area contributed by atoms with Gasteiger partial charge in [-0.3, -0.25) is 4.98 Å². The van der Waals surface area contributed by atoms with Crippen molar-refractivity contribution < 1.29 is 9.53 Å². The maximum atomic E-state index is 12.0. The van der Waals surface area contributed by atoms with Crippen LogP contribution >= 0.6 is 0 Å². The van der Waals surface area contributed by atoms with Crippen molar-refractivity contribution in [3.05, 3.63) is 48.2 Å². The van der Waals surface area contributed by atoms with Crippen molar-refractivity contribution in [2.45, 2.75) is 20.0 Å². The standard InChI is InChI=1S/C17H17N3O2/c1-11(2)22-17(21)12-7-8-15-14(10-12)19-16(20(15)3)13-6-4-5-9-18-13/h4-11H,1-3H3. The number of fused-ring (bicyclic) bond motifs is 1. The van der Waals surface area contributed by atoms with Gasteiger partial charge >= 0.3 is 5.97 Å². The van der Waals surface area contributed by atoms with Gasteiger partial charge in [-0.2, -0.15) is 0 Å². The molecule has 0 aliphatic heterocycles. The van der Waals surface area contributed by atoms with Crippen LogP contribution < -0.4 is 0 Å². The van der Waals surface area contributed by atoms with E-state index in [4.69, 9.17) is 4.74 Å². The predicted molar refractivity (Wildman–Crippen MR) is 84.5 cm³/mol. The molecule has 22 heavy (non-hydrogen) atoms. The van der Waals surface area contributed by atoms with E-state index in [1.54, 1.807) is 18.3 Å². The summed E-state index contributed by atoms with van der Waals surface area (Å²) in [6, 6.07) is 11.1. The molecule has 2 aromatic heterocycles. The number of hydrogen-bond acceptors (Lipinski definition) is 4. The van der Waals surface area contributed by atoms with E-state index in [-0.39, 0.29) is 12.1 Å². The predicted octanol–water partition coefficient (Wildman–Crippen LogP) is 3.20.